The highest BCUT2D eigenvalue weighted by molar-refractivity contribution is 5.60. The van der Waals surface area contributed by atoms with E-state index in [-0.39, 0.29) is 22.3 Å². The minimum Gasteiger partial charge on any atom is -0.484 e. The molecule has 2 heterocycles. The molecule has 23 heavy (non-hydrogen) atoms. The summed E-state index contributed by atoms with van der Waals surface area (Å²) in [6, 6.07) is 5.24. The molecule has 0 N–H and O–H groups in total. The number of nitro benzene ring substituents is 1. The zero-order chi connectivity index (χ0) is 16.6. The second-order valence-electron chi connectivity index (χ2n) is 7.00. The van der Waals surface area contributed by atoms with Gasteiger partial charge in [-0.15, -0.1) is 0 Å². The summed E-state index contributed by atoms with van der Waals surface area (Å²) in [7, 11) is 2.21. The molecular weight excluding hydrogens is 294 g/mol. The minimum atomic E-state index is -0.377. The molecule has 1 aromatic rings. The molecule has 0 saturated carbocycles. The van der Waals surface area contributed by atoms with Crippen LogP contribution in [-0.4, -0.2) is 48.1 Å². The average molecular weight is 319 g/mol. The Hall–Kier alpha value is -1.82. The lowest BCUT2D eigenvalue weighted by molar-refractivity contribution is -0.386. The average Bonchev–Trinajstić information content (AvgIpc) is 3.06. The molecule has 6 nitrogen and oxygen atoms in total. The van der Waals surface area contributed by atoms with Crippen molar-refractivity contribution in [3.8, 4) is 5.75 Å². The Morgan fingerprint density at radius 2 is 2.09 bits per heavy atom. The fourth-order valence-electron chi connectivity index (χ4n) is 3.86. The summed E-state index contributed by atoms with van der Waals surface area (Å²) in [6.07, 6.45) is 3.56. The highest BCUT2D eigenvalue weighted by Crippen LogP contribution is 2.40. The quantitative estimate of drug-likeness (QED) is 0.630. The zero-order valence-corrected chi connectivity index (χ0v) is 14.1. The Labute approximate surface area is 137 Å². The number of rotatable bonds is 4. The van der Waals surface area contributed by atoms with Crippen molar-refractivity contribution in [1.82, 2.24) is 4.90 Å². The van der Waals surface area contributed by atoms with Crippen molar-refractivity contribution in [3.05, 3.63) is 28.3 Å². The van der Waals surface area contributed by atoms with Crippen LogP contribution in [0.15, 0.2) is 18.2 Å². The first-order valence-electron chi connectivity index (χ1n) is 8.33. The van der Waals surface area contributed by atoms with Crippen molar-refractivity contribution in [2.45, 2.75) is 44.8 Å². The molecule has 2 fully saturated rings. The summed E-state index contributed by atoms with van der Waals surface area (Å²) in [5.41, 5.74) is 1.33. The van der Waals surface area contributed by atoms with E-state index < -0.39 is 0 Å². The van der Waals surface area contributed by atoms with E-state index in [2.05, 4.69) is 16.8 Å². The lowest BCUT2D eigenvalue weighted by Crippen LogP contribution is -2.43. The van der Waals surface area contributed by atoms with Crippen molar-refractivity contribution < 1.29 is 9.66 Å². The number of hydrogen-bond acceptors (Lipinski definition) is 5. The van der Waals surface area contributed by atoms with Crippen molar-refractivity contribution in [3.63, 3.8) is 0 Å². The summed E-state index contributed by atoms with van der Waals surface area (Å²) in [6.45, 7) is 6.91. The fourth-order valence-corrected chi connectivity index (χ4v) is 3.86. The Kier molecular flexibility index (Phi) is 4.19. The van der Waals surface area contributed by atoms with Crippen molar-refractivity contribution >= 4 is 11.4 Å². The highest BCUT2D eigenvalue weighted by atomic mass is 16.6. The molecular formula is C17H25N3O3. The van der Waals surface area contributed by atoms with Gasteiger partial charge in [-0.1, -0.05) is 0 Å². The van der Waals surface area contributed by atoms with Crippen LogP contribution in [0, 0.1) is 10.1 Å². The molecule has 0 radical (unpaired) electrons. The van der Waals surface area contributed by atoms with E-state index >= 15 is 0 Å². The van der Waals surface area contributed by atoms with E-state index in [4.69, 9.17) is 4.74 Å². The summed E-state index contributed by atoms with van der Waals surface area (Å²) in [5.74, 6) is 0.364. The molecule has 1 aromatic carbocycles. The number of nitro groups is 1. The normalized spacial score (nSPS) is 24.8. The van der Waals surface area contributed by atoms with E-state index in [0.29, 0.717) is 5.75 Å². The van der Waals surface area contributed by atoms with Gasteiger partial charge in [-0.25, -0.2) is 0 Å². The molecule has 0 amide bonds. The largest absolute Gasteiger partial charge is 0.484 e. The van der Waals surface area contributed by atoms with Crippen LogP contribution in [0.3, 0.4) is 0 Å². The van der Waals surface area contributed by atoms with Crippen molar-refractivity contribution in [2.75, 3.05) is 31.6 Å². The number of anilines is 1. The monoisotopic (exact) mass is 319 g/mol. The van der Waals surface area contributed by atoms with Crippen LogP contribution in [0.2, 0.25) is 0 Å². The van der Waals surface area contributed by atoms with Crippen LogP contribution in [0.25, 0.3) is 0 Å². The SMILES string of the molecule is CC(C)Oc1cc(N2CC[C@]3(CCCN3C)C2)ccc1[N+](=O)[O-]. The van der Waals surface area contributed by atoms with Gasteiger partial charge in [0.05, 0.1) is 11.0 Å². The molecule has 2 aliphatic rings. The fraction of sp³-hybridized carbons (Fsp3) is 0.647. The number of hydrogen-bond donors (Lipinski definition) is 0. The van der Waals surface area contributed by atoms with Gasteiger partial charge in [0, 0.05) is 36.4 Å². The van der Waals surface area contributed by atoms with E-state index in [0.717, 1.165) is 31.7 Å². The van der Waals surface area contributed by atoms with Gasteiger partial charge in [-0.2, -0.15) is 0 Å². The number of ether oxygens (including phenoxy) is 1. The van der Waals surface area contributed by atoms with Gasteiger partial charge < -0.3 is 9.64 Å². The van der Waals surface area contributed by atoms with Crippen molar-refractivity contribution in [2.24, 2.45) is 0 Å². The molecule has 0 aromatic heterocycles. The molecule has 1 atom stereocenters. The van der Waals surface area contributed by atoms with E-state index in [1.165, 1.54) is 12.8 Å². The molecule has 126 valence electrons. The molecule has 0 aliphatic carbocycles. The van der Waals surface area contributed by atoms with Gasteiger partial charge in [0.1, 0.15) is 0 Å². The van der Waals surface area contributed by atoms with E-state index in [1.54, 1.807) is 6.07 Å². The van der Waals surface area contributed by atoms with E-state index in [9.17, 15) is 10.1 Å². The van der Waals surface area contributed by atoms with Gasteiger partial charge >= 0.3 is 5.69 Å². The third kappa shape index (κ3) is 3.00. The summed E-state index contributed by atoms with van der Waals surface area (Å²) >= 11 is 0. The van der Waals surface area contributed by atoms with Gasteiger partial charge in [-0.3, -0.25) is 15.0 Å². The van der Waals surface area contributed by atoms with Crippen LogP contribution in [0.5, 0.6) is 5.75 Å². The van der Waals surface area contributed by atoms with E-state index in [1.807, 2.05) is 26.0 Å². The number of likely N-dealkylation sites (N-methyl/N-ethyl adjacent to an activating group) is 1. The lowest BCUT2D eigenvalue weighted by atomic mass is 9.96. The maximum atomic E-state index is 11.2. The van der Waals surface area contributed by atoms with Gasteiger partial charge in [0.25, 0.3) is 0 Å². The first kappa shape index (κ1) is 16.1. The molecule has 3 rings (SSSR count). The molecule has 1 spiro atoms. The summed E-state index contributed by atoms with van der Waals surface area (Å²) in [4.78, 5) is 15.6. The topological polar surface area (TPSA) is 58.8 Å². The van der Waals surface area contributed by atoms with Crippen molar-refractivity contribution in [1.29, 1.82) is 0 Å². The molecule has 0 unspecified atom stereocenters. The third-order valence-electron chi connectivity index (χ3n) is 5.15. The maximum Gasteiger partial charge on any atom is 0.311 e. The Morgan fingerprint density at radius 1 is 1.30 bits per heavy atom. The van der Waals surface area contributed by atoms with Crippen LogP contribution in [-0.2, 0) is 0 Å². The molecule has 2 aliphatic heterocycles. The second-order valence-corrected chi connectivity index (χ2v) is 7.00. The maximum absolute atomic E-state index is 11.2. The van der Waals surface area contributed by atoms with Crippen LogP contribution in [0.4, 0.5) is 11.4 Å². The number of benzene rings is 1. The lowest BCUT2D eigenvalue weighted by Gasteiger charge is -2.32. The van der Waals surface area contributed by atoms with Gasteiger partial charge in [0.15, 0.2) is 5.75 Å². The second kappa shape index (κ2) is 6.00. The predicted octanol–water partition coefficient (Wildman–Crippen LogP) is 3.06. The number of likely N-dealkylation sites (tertiary alicyclic amines) is 1. The minimum absolute atomic E-state index is 0.0364. The molecule has 2 saturated heterocycles. The Morgan fingerprint density at radius 3 is 2.70 bits per heavy atom. The van der Waals surface area contributed by atoms with Gasteiger partial charge in [-0.05, 0) is 52.8 Å². The Balaban J connectivity index is 1.85. The molecule has 0 bridgehead atoms. The first-order valence-corrected chi connectivity index (χ1v) is 8.33. The van der Waals surface area contributed by atoms with Crippen LogP contribution < -0.4 is 9.64 Å². The zero-order valence-electron chi connectivity index (χ0n) is 14.1. The standard InChI is InChI=1S/C17H25N3O3/c1-13(2)23-16-11-14(5-6-15(16)20(21)22)19-10-8-17(12-19)7-4-9-18(17)3/h5-6,11,13H,4,7-10,12H2,1-3H3/t17-/m1/s1. The summed E-state index contributed by atoms with van der Waals surface area (Å²) < 4.78 is 5.67. The highest BCUT2D eigenvalue weighted by Gasteiger charge is 2.44. The number of nitrogens with zero attached hydrogens (tertiary/aromatic N) is 3. The van der Waals surface area contributed by atoms with Crippen LogP contribution in [0.1, 0.15) is 33.1 Å². The molecule has 6 heteroatoms. The van der Waals surface area contributed by atoms with Crippen LogP contribution >= 0.6 is 0 Å². The Bertz CT molecular complexity index is 605. The smallest absolute Gasteiger partial charge is 0.311 e. The summed E-state index contributed by atoms with van der Waals surface area (Å²) in [5, 5.41) is 11.2. The predicted molar refractivity (Wildman–Crippen MR) is 90.3 cm³/mol. The van der Waals surface area contributed by atoms with Gasteiger partial charge in [0.2, 0.25) is 0 Å². The third-order valence-corrected chi connectivity index (χ3v) is 5.15. The first-order chi connectivity index (χ1) is 10.9.